The molecular weight excluding hydrogens is 286 g/mol. The van der Waals surface area contributed by atoms with Crippen molar-refractivity contribution in [1.82, 2.24) is 10.2 Å². The molecule has 0 unspecified atom stereocenters. The van der Waals surface area contributed by atoms with Crippen LogP contribution in [0.15, 0.2) is 18.2 Å². The van der Waals surface area contributed by atoms with E-state index in [-0.39, 0.29) is 24.8 Å². The Morgan fingerprint density at radius 3 is 2.64 bits per heavy atom. The number of anilines is 1. The molecule has 1 saturated heterocycles. The van der Waals surface area contributed by atoms with Crippen LogP contribution in [0.3, 0.4) is 0 Å². The smallest absolute Gasteiger partial charge is 0.321 e. The number of fused-ring (bicyclic) bond motifs is 1. The van der Waals surface area contributed by atoms with Crippen LogP contribution in [-0.4, -0.2) is 42.8 Å². The third kappa shape index (κ3) is 3.24. The molecule has 3 rings (SSSR count). The Hall–Kier alpha value is -2.44. The molecule has 2 N–H and O–H groups in total. The highest BCUT2D eigenvalue weighted by atomic mass is 16.7. The molecule has 0 spiro atoms. The zero-order chi connectivity index (χ0) is 15.5. The lowest BCUT2D eigenvalue weighted by Gasteiger charge is -2.32. The lowest BCUT2D eigenvalue weighted by molar-refractivity contribution is -0.119. The summed E-state index contributed by atoms with van der Waals surface area (Å²) in [6.45, 7) is 2.98. The molecule has 0 saturated carbocycles. The summed E-state index contributed by atoms with van der Waals surface area (Å²) in [5.41, 5.74) is 0.679. The maximum absolute atomic E-state index is 12.3. The standard InChI is InChI=1S/C15H19N3O4/c1-10(19)16-11-4-6-18(7-5-11)15(20)17-12-2-3-13-14(8-12)22-9-21-13/h2-3,8,11H,4-7,9H2,1H3,(H,16,19)(H,17,20). The SMILES string of the molecule is CC(=O)NC1CCN(C(=O)Nc2ccc3c(c2)OCO3)CC1. The summed E-state index contributed by atoms with van der Waals surface area (Å²) in [7, 11) is 0. The van der Waals surface area contributed by atoms with Crippen LogP contribution in [0, 0.1) is 0 Å². The van der Waals surface area contributed by atoms with Crippen LogP contribution in [0.4, 0.5) is 10.5 Å². The molecule has 0 bridgehead atoms. The largest absolute Gasteiger partial charge is 0.454 e. The minimum atomic E-state index is -0.139. The summed E-state index contributed by atoms with van der Waals surface area (Å²) in [4.78, 5) is 25.0. The number of piperidine rings is 1. The molecule has 1 fully saturated rings. The average molecular weight is 305 g/mol. The van der Waals surface area contributed by atoms with Crippen molar-refractivity contribution in [2.45, 2.75) is 25.8 Å². The molecule has 3 amide bonds. The Bertz CT molecular complexity index is 582. The second kappa shape index (κ2) is 6.13. The summed E-state index contributed by atoms with van der Waals surface area (Å²) < 4.78 is 10.5. The number of carbonyl (C=O) groups excluding carboxylic acids is 2. The van der Waals surface area contributed by atoms with Gasteiger partial charge in [-0.05, 0) is 25.0 Å². The Morgan fingerprint density at radius 1 is 1.18 bits per heavy atom. The van der Waals surface area contributed by atoms with Gasteiger partial charge in [-0.25, -0.2) is 4.79 Å². The summed E-state index contributed by atoms with van der Waals surface area (Å²) in [6, 6.07) is 5.34. The van der Waals surface area contributed by atoms with Crippen molar-refractivity contribution < 1.29 is 19.1 Å². The number of benzene rings is 1. The summed E-state index contributed by atoms with van der Waals surface area (Å²) in [6.07, 6.45) is 1.54. The molecule has 1 aromatic rings. The lowest BCUT2D eigenvalue weighted by Crippen LogP contribution is -2.47. The predicted molar refractivity (Wildman–Crippen MR) is 80.0 cm³/mol. The highest BCUT2D eigenvalue weighted by molar-refractivity contribution is 5.89. The predicted octanol–water partition coefficient (Wildman–Crippen LogP) is 1.55. The third-order valence-corrected chi connectivity index (χ3v) is 3.81. The fraction of sp³-hybridized carbons (Fsp3) is 0.467. The monoisotopic (exact) mass is 305 g/mol. The molecule has 0 radical (unpaired) electrons. The van der Waals surface area contributed by atoms with Gasteiger partial charge in [0.1, 0.15) is 0 Å². The number of ether oxygens (including phenoxy) is 2. The van der Waals surface area contributed by atoms with Gasteiger partial charge in [-0.2, -0.15) is 0 Å². The second-order valence-electron chi connectivity index (χ2n) is 5.46. The van der Waals surface area contributed by atoms with Gasteiger partial charge in [-0.15, -0.1) is 0 Å². The van der Waals surface area contributed by atoms with Gasteiger partial charge < -0.3 is 25.0 Å². The van der Waals surface area contributed by atoms with Gasteiger partial charge in [0.05, 0.1) is 0 Å². The molecule has 1 aromatic carbocycles. The van der Waals surface area contributed by atoms with Gasteiger partial charge in [0.25, 0.3) is 0 Å². The highest BCUT2D eigenvalue weighted by Crippen LogP contribution is 2.34. The van der Waals surface area contributed by atoms with Gasteiger partial charge in [0.2, 0.25) is 12.7 Å². The number of rotatable bonds is 2. The number of amides is 3. The van der Waals surface area contributed by atoms with Crippen LogP contribution in [0.5, 0.6) is 11.5 Å². The van der Waals surface area contributed by atoms with Gasteiger partial charge in [0, 0.05) is 37.8 Å². The maximum atomic E-state index is 12.3. The topological polar surface area (TPSA) is 79.9 Å². The molecule has 2 heterocycles. The van der Waals surface area contributed by atoms with E-state index in [2.05, 4.69) is 10.6 Å². The molecule has 22 heavy (non-hydrogen) atoms. The number of hydrogen-bond acceptors (Lipinski definition) is 4. The zero-order valence-corrected chi connectivity index (χ0v) is 12.4. The Kier molecular flexibility index (Phi) is 4.04. The third-order valence-electron chi connectivity index (χ3n) is 3.81. The molecule has 0 aliphatic carbocycles. The molecule has 0 aromatic heterocycles. The van der Waals surface area contributed by atoms with Crippen molar-refractivity contribution in [2.75, 3.05) is 25.2 Å². The van der Waals surface area contributed by atoms with E-state index in [0.717, 1.165) is 12.8 Å². The van der Waals surface area contributed by atoms with Crippen LogP contribution in [0.2, 0.25) is 0 Å². The number of urea groups is 1. The van der Waals surface area contributed by atoms with Crippen molar-refractivity contribution in [2.24, 2.45) is 0 Å². The van der Waals surface area contributed by atoms with E-state index < -0.39 is 0 Å². The van der Waals surface area contributed by atoms with E-state index in [4.69, 9.17) is 9.47 Å². The van der Waals surface area contributed by atoms with Gasteiger partial charge in [-0.1, -0.05) is 0 Å². The molecule has 7 heteroatoms. The van der Waals surface area contributed by atoms with E-state index in [1.54, 1.807) is 23.1 Å². The quantitative estimate of drug-likeness (QED) is 0.869. The summed E-state index contributed by atoms with van der Waals surface area (Å²) in [5.74, 6) is 1.31. The Morgan fingerprint density at radius 2 is 1.91 bits per heavy atom. The van der Waals surface area contributed by atoms with Gasteiger partial charge in [-0.3, -0.25) is 4.79 Å². The number of likely N-dealkylation sites (tertiary alicyclic amines) is 1. The molecule has 7 nitrogen and oxygen atoms in total. The minimum Gasteiger partial charge on any atom is -0.454 e. The number of nitrogens with one attached hydrogen (secondary N) is 2. The Labute approximate surface area is 128 Å². The first-order valence-electron chi connectivity index (χ1n) is 7.34. The van der Waals surface area contributed by atoms with Crippen molar-refractivity contribution >= 4 is 17.6 Å². The number of nitrogens with zero attached hydrogens (tertiary/aromatic N) is 1. The zero-order valence-electron chi connectivity index (χ0n) is 12.4. The lowest BCUT2D eigenvalue weighted by atomic mass is 10.1. The van der Waals surface area contributed by atoms with Crippen molar-refractivity contribution in [3.05, 3.63) is 18.2 Å². The van der Waals surface area contributed by atoms with Crippen LogP contribution < -0.4 is 20.1 Å². The summed E-state index contributed by atoms with van der Waals surface area (Å²) >= 11 is 0. The molecular formula is C15H19N3O4. The molecule has 2 aliphatic heterocycles. The summed E-state index contributed by atoms with van der Waals surface area (Å²) in [5, 5.41) is 5.75. The van der Waals surface area contributed by atoms with E-state index in [1.807, 2.05) is 0 Å². The number of hydrogen-bond donors (Lipinski definition) is 2. The van der Waals surface area contributed by atoms with E-state index >= 15 is 0 Å². The van der Waals surface area contributed by atoms with E-state index in [1.165, 1.54) is 6.92 Å². The van der Waals surface area contributed by atoms with Crippen molar-refractivity contribution in [3.8, 4) is 11.5 Å². The first-order valence-corrected chi connectivity index (χ1v) is 7.34. The molecule has 118 valence electrons. The normalized spacial score (nSPS) is 17.2. The highest BCUT2D eigenvalue weighted by Gasteiger charge is 2.23. The van der Waals surface area contributed by atoms with Gasteiger partial charge in [0.15, 0.2) is 11.5 Å². The maximum Gasteiger partial charge on any atom is 0.321 e. The van der Waals surface area contributed by atoms with Crippen LogP contribution in [0.1, 0.15) is 19.8 Å². The molecule has 2 aliphatic rings. The first-order chi connectivity index (χ1) is 10.6. The van der Waals surface area contributed by atoms with Crippen LogP contribution in [0.25, 0.3) is 0 Å². The van der Waals surface area contributed by atoms with E-state index in [9.17, 15) is 9.59 Å². The Balaban J connectivity index is 1.53. The second-order valence-corrected chi connectivity index (χ2v) is 5.46. The fourth-order valence-corrected chi connectivity index (χ4v) is 2.69. The van der Waals surface area contributed by atoms with Crippen LogP contribution >= 0.6 is 0 Å². The van der Waals surface area contributed by atoms with Crippen molar-refractivity contribution in [3.63, 3.8) is 0 Å². The number of carbonyl (C=O) groups is 2. The van der Waals surface area contributed by atoms with Gasteiger partial charge >= 0.3 is 6.03 Å². The fourth-order valence-electron chi connectivity index (χ4n) is 2.69. The van der Waals surface area contributed by atoms with Crippen molar-refractivity contribution in [1.29, 1.82) is 0 Å². The van der Waals surface area contributed by atoms with E-state index in [0.29, 0.717) is 30.3 Å². The minimum absolute atomic E-state index is 0.0248. The average Bonchev–Trinajstić information content (AvgIpc) is 2.95. The first kappa shape index (κ1) is 14.5. The van der Waals surface area contributed by atoms with Crippen LogP contribution in [-0.2, 0) is 4.79 Å². The molecule has 0 atom stereocenters.